The van der Waals surface area contributed by atoms with E-state index in [1.807, 2.05) is 59.7 Å². The van der Waals surface area contributed by atoms with Gasteiger partial charge in [-0.3, -0.25) is 0 Å². The fourth-order valence-corrected chi connectivity index (χ4v) is 1.16. The molecule has 0 radical (unpaired) electrons. The zero-order chi connectivity index (χ0) is 13.8. The van der Waals surface area contributed by atoms with E-state index >= 15 is 0 Å². The quantitative estimate of drug-likeness (QED) is 0.873. The molecule has 17 heavy (non-hydrogen) atoms. The average molecular weight is 240 g/mol. The molecule has 0 fully saturated rings. The number of carboxylic acid groups (broad SMARTS) is 1. The molecule has 0 spiro atoms. The number of benzene rings is 1. The molecule has 0 atom stereocenters. The number of aliphatic carboxylic acids is 1. The molecule has 1 rings (SSSR count). The predicted molar refractivity (Wildman–Crippen MR) is 71.7 cm³/mol. The Labute approximate surface area is 104 Å². The van der Waals surface area contributed by atoms with Crippen molar-refractivity contribution in [2.45, 2.75) is 41.5 Å². The summed E-state index contributed by atoms with van der Waals surface area (Å²) >= 11 is 0. The summed E-state index contributed by atoms with van der Waals surface area (Å²) in [5, 5.41) is 8.43. The van der Waals surface area contributed by atoms with Crippen molar-refractivity contribution < 1.29 is 14.6 Å². The Morgan fingerprint density at radius 2 is 1.53 bits per heavy atom. The molecule has 0 saturated heterocycles. The minimum Gasteiger partial charge on any atom is -0.481 e. The molecule has 1 N–H and O–H groups in total. The van der Waals surface area contributed by atoms with Crippen LogP contribution in [0.4, 0.5) is 0 Å². The van der Waals surface area contributed by atoms with Crippen molar-refractivity contribution in [2.24, 2.45) is 0 Å². The Balaban J connectivity index is 0. The molecular formula is C14H24O3. The van der Waals surface area contributed by atoms with E-state index in [2.05, 4.69) is 0 Å². The molecule has 0 aliphatic carbocycles. The molecule has 98 valence electrons. The van der Waals surface area contributed by atoms with Crippen LogP contribution in [-0.4, -0.2) is 17.7 Å². The molecule has 3 nitrogen and oxygen atoms in total. The predicted octanol–water partition coefficient (Wildman–Crippen LogP) is 3.82. The van der Waals surface area contributed by atoms with Gasteiger partial charge in [-0.15, -0.1) is 0 Å². The Morgan fingerprint density at radius 1 is 1.12 bits per heavy atom. The van der Waals surface area contributed by atoms with Crippen molar-refractivity contribution >= 4 is 5.97 Å². The van der Waals surface area contributed by atoms with E-state index in [9.17, 15) is 4.79 Å². The second-order valence-corrected chi connectivity index (χ2v) is 2.90. The highest BCUT2D eigenvalue weighted by Gasteiger charge is 2.04. The van der Waals surface area contributed by atoms with Gasteiger partial charge in [0.05, 0.1) is 0 Å². The first kappa shape index (κ1) is 17.9. The first-order valence-electron chi connectivity index (χ1n) is 6.02. The van der Waals surface area contributed by atoms with Gasteiger partial charge in [-0.05, 0) is 25.0 Å². The molecule has 0 bridgehead atoms. The number of carbonyl (C=O) groups is 1. The van der Waals surface area contributed by atoms with Crippen molar-refractivity contribution in [1.29, 1.82) is 0 Å². The van der Waals surface area contributed by atoms with Crippen molar-refractivity contribution in [1.82, 2.24) is 0 Å². The van der Waals surface area contributed by atoms with Crippen molar-refractivity contribution in [3.8, 4) is 5.75 Å². The fourth-order valence-electron chi connectivity index (χ4n) is 1.16. The van der Waals surface area contributed by atoms with Gasteiger partial charge in [-0.25, -0.2) is 4.79 Å². The molecule has 1 aromatic carbocycles. The lowest BCUT2D eigenvalue weighted by Crippen LogP contribution is -2.10. The average Bonchev–Trinajstić information content (AvgIpc) is 2.33. The number of rotatable bonds is 3. The summed E-state index contributed by atoms with van der Waals surface area (Å²) in [6, 6.07) is 5.70. The monoisotopic (exact) mass is 240 g/mol. The van der Waals surface area contributed by atoms with Crippen LogP contribution in [0, 0.1) is 13.8 Å². The third kappa shape index (κ3) is 7.39. The van der Waals surface area contributed by atoms with Crippen LogP contribution in [-0.2, 0) is 4.79 Å². The lowest BCUT2D eigenvalue weighted by molar-refractivity contribution is -0.139. The van der Waals surface area contributed by atoms with Crippen LogP contribution in [0.15, 0.2) is 18.2 Å². The van der Waals surface area contributed by atoms with Gasteiger partial charge in [0.2, 0.25) is 0 Å². The summed E-state index contributed by atoms with van der Waals surface area (Å²) in [6.07, 6.45) is 0. The third-order valence-electron chi connectivity index (χ3n) is 1.75. The molecule has 0 unspecified atom stereocenters. The van der Waals surface area contributed by atoms with E-state index in [1.165, 1.54) is 0 Å². The van der Waals surface area contributed by atoms with E-state index in [0.29, 0.717) is 5.75 Å². The highest BCUT2D eigenvalue weighted by molar-refractivity contribution is 5.68. The molecule has 0 aromatic heterocycles. The lowest BCUT2D eigenvalue weighted by atomic mass is 10.1. The van der Waals surface area contributed by atoms with Gasteiger partial charge >= 0.3 is 5.97 Å². The minimum atomic E-state index is -0.956. The van der Waals surface area contributed by atoms with Gasteiger partial charge in [-0.2, -0.15) is 0 Å². The maximum absolute atomic E-state index is 10.3. The van der Waals surface area contributed by atoms with Crippen molar-refractivity contribution in [3.05, 3.63) is 29.3 Å². The highest BCUT2D eigenvalue weighted by Crippen LogP contribution is 2.21. The first-order chi connectivity index (χ1) is 8.11. The maximum atomic E-state index is 10.3. The summed E-state index contributed by atoms with van der Waals surface area (Å²) in [4.78, 5) is 10.3. The van der Waals surface area contributed by atoms with E-state index < -0.39 is 5.97 Å². The smallest absolute Gasteiger partial charge is 0.341 e. The van der Waals surface area contributed by atoms with Gasteiger partial charge < -0.3 is 9.84 Å². The molecule has 0 aliphatic heterocycles. The summed E-state index contributed by atoms with van der Waals surface area (Å²) in [5.41, 5.74) is 1.92. The zero-order valence-corrected chi connectivity index (χ0v) is 11.7. The van der Waals surface area contributed by atoms with E-state index in [4.69, 9.17) is 9.84 Å². The molecule has 0 saturated carbocycles. The summed E-state index contributed by atoms with van der Waals surface area (Å²) in [6.45, 7) is 11.5. The Bertz CT molecular complexity index is 299. The number of aryl methyl sites for hydroxylation is 2. The molecular weight excluding hydrogens is 216 g/mol. The number of ether oxygens (including phenoxy) is 1. The second kappa shape index (κ2) is 11.0. The highest BCUT2D eigenvalue weighted by atomic mass is 16.5. The van der Waals surface area contributed by atoms with Crippen LogP contribution >= 0.6 is 0 Å². The SMILES string of the molecule is CC.CC.Cc1cccc(C)c1OCC(=O)O. The zero-order valence-electron chi connectivity index (χ0n) is 11.7. The normalized spacial score (nSPS) is 8.12. The van der Waals surface area contributed by atoms with Gasteiger partial charge in [0, 0.05) is 0 Å². The van der Waals surface area contributed by atoms with Crippen LogP contribution in [0.5, 0.6) is 5.75 Å². The molecule has 0 heterocycles. The first-order valence-corrected chi connectivity index (χ1v) is 6.02. The second-order valence-electron chi connectivity index (χ2n) is 2.90. The maximum Gasteiger partial charge on any atom is 0.341 e. The fraction of sp³-hybridized carbons (Fsp3) is 0.500. The van der Waals surface area contributed by atoms with E-state index in [0.717, 1.165) is 11.1 Å². The summed E-state index contributed by atoms with van der Waals surface area (Å²) < 4.78 is 5.13. The standard InChI is InChI=1S/C10H12O3.2C2H6/c1-7-4-3-5-8(2)10(7)13-6-9(11)12;2*1-2/h3-5H,6H2,1-2H3,(H,11,12);2*1-2H3. The number of carboxylic acids is 1. The Kier molecular flexibility index (Phi) is 11.6. The van der Waals surface area contributed by atoms with Gasteiger partial charge in [0.15, 0.2) is 6.61 Å². The number of para-hydroxylation sites is 1. The van der Waals surface area contributed by atoms with E-state index in [-0.39, 0.29) is 6.61 Å². The number of hydrogen-bond donors (Lipinski definition) is 1. The Morgan fingerprint density at radius 3 is 1.88 bits per heavy atom. The van der Waals surface area contributed by atoms with Gasteiger partial charge in [0.1, 0.15) is 5.75 Å². The largest absolute Gasteiger partial charge is 0.481 e. The summed E-state index contributed by atoms with van der Waals surface area (Å²) in [5.74, 6) is -0.285. The van der Waals surface area contributed by atoms with Gasteiger partial charge in [-0.1, -0.05) is 45.9 Å². The van der Waals surface area contributed by atoms with Crippen LogP contribution < -0.4 is 4.74 Å². The molecule has 1 aromatic rings. The molecule has 0 amide bonds. The van der Waals surface area contributed by atoms with Crippen LogP contribution in [0.1, 0.15) is 38.8 Å². The topological polar surface area (TPSA) is 46.5 Å². The third-order valence-corrected chi connectivity index (χ3v) is 1.75. The molecule has 0 aliphatic rings. The summed E-state index contributed by atoms with van der Waals surface area (Å²) in [7, 11) is 0. The number of hydrogen-bond acceptors (Lipinski definition) is 2. The van der Waals surface area contributed by atoms with E-state index in [1.54, 1.807) is 0 Å². The Hall–Kier alpha value is -1.51. The van der Waals surface area contributed by atoms with Crippen molar-refractivity contribution in [3.63, 3.8) is 0 Å². The van der Waals surface area contributed by atoms with Crippen LogP contribution in [0.2, 0.25) is 0 Å². The van der Waals surface area contributed by atoms with Crippen molar-refractivity contribution in [2.75, 3.05) is 6.61 Å². The van der Waals surface area contributed by atoms with Crippen LogP contribution in [0.3, 0.4) is 0 Å². The van der Waals surface area contributed by atoms with Gasteiger partial charge in [0.25, 0.3) is 0 Å². The van der Waals surface area contributed by atoms with Crippen LogP contribution in [0.25, 0.3) is 0 Å². The minimum absolute atomic E-state index is 0.286. The lowest BCUT2D eigenvalue weighted by Gasteiger charge is -2.09. The molecule has 3 heteroatoms.